The number of nitrogens with zero attached hydrogens (tertiary/aromatic N) is 3. The lowest BCUT2D eigenvalue weighted by Crippen LogP contribution is -2.19. The highest BCUT2D eigenvalue weighted by Gasteiger charge is 2.15. The van der Waals surface area contributed by atoms with Gasteiger partial charge in [0.15, 0.2) is 11.6 Å². The van der Waals surface area contributed by atoms with Crippen LogP contribution in [0.2, 0.25) is 0 Å². The molecule has 108 valence electrons. The molecule has 20 heavy (non-hydrogen) atoms. The summed E-state index contributed by atoms with van der Waals surface area (Å²) in [4.78, 5) is 10.7. The molecule has 0 aliphatic carbocycles. The first-order valence-corrected chi connectivity index (χ1v) is 7.55. The van der Waals surface area contributed by atoms with E-state index in [1.165, 1.54) is 5.56 Å². The Hall–Kier alpha value is -1.82. The molecule has 0 aliphatic rings. The zero-order chi connectivity index (χ0) is 14.4. The number of methoxy groups -OCH3 is 1. The van der Waals surface area contributed by atoms with Gasteiger partial charge in [0.2, 0.25) is 5.75 Å². The van der Waals surface area contributed by atoms with Crippen LogP contribution in [0.15, 0.2) is 23.2 Å². The van der Waals surface area contributed by atoms with Gasteiger partial charge < -0.3 is 15.0 Å². The maximum Gasteiger partial charge on any atom is 0.204 e. The number of thiophene rings is 1. The largest absolute Gasteiger partial charge is 0.490 e. The van der Waals surface area contributed by atoms with Crippen LogP contribution in [0.4, 0.5) is 11.6 Å². The summed E-state index contributed by atoms with van der Waals surface area (Å²) in [7, 11) is 3.66. The van der Waals surface area contributed by atoms with Gasteiger partial charge in [-0.3, -0.25) is 0 Å². The van der Waals surface area contributed by atoms with Gasteiger partial charge in [-0.1, -0.05) is 6.92 Å². The number of ether oxygens (including phenoxy) is 1. The van der Waals surface area contributed by atoms with Crippen LogP contribution < -0.4 is 15.0 Å². The van der Waals surface area contributed by atoms with Gasteiger partial charge >= 0.3 is 0 Å². The molecule has 0 aromatic carbocycles. The maximum absolute atomic E-state index is 5.49. The van der Waals surface area contributed by atoms with Crippen molar-refractivity contribution in [3.63, 3.8) is 0 Å². The standard InChI is InChI=1S/C14H20N4OS/c1-4-6-15-13-12(19-3)14(17-10-16-13)18(2)8-11-5-7-20-9-11/h5,7,9-10H,4,6,8H2,1-3H3,(H,15,16,17). The number of anilines is 2. The molecule has 2 rings (SSSR count). The Morgan fingerprint density at radius 1 is 1.40 bits per heavy atom. The molecule has 0 amide bonds. The zero-order valence-electron chi connectivity index (χ0n) is 12.1. The Morgan fingerprint density at radius 2 is 2.25 bits per heavy atom. The number of hydrogen-bond acceptors (Lipinski definition) is 6. The SMILES string of the molecule is CCCNc1ncnc(N(C)Cc2ccsc2)c1OC. The Balaban J connectivity index is 2.21. The molecule has 1 N–H and O–H groups in total. The molecule has 0 spiro atoms. The fraction of sp³-hybridized carbons (Fsp3) is 0.429. The van der Waals surface area contributed by atoms with Gasteiger partial charge in [-0.25, -0.2) is 9.97 Å². The lowest BCUT2D eigenvalue weighted by molar-refractivity contribution is 0.412. The van der Waals surface area contributed by atoms with E-state index in [1.807, 2.05) is 7.05 Å². The molecule has 6 heteroatoms. The molecular weight excluding hydrogens is 272 g/mol. The summed E-state index contributed by atoms with van der Waals surface area (Å²) in [5, 5.41) is 7.48. The van der Waals surface area contributed by atoms with Crippen LogP contribution in [0.5, 0.6) is 5.75 Å². The van der Waals surface area contributed by atoms with Crippen molar-refractivity contribution in [2.45, 2.75) is 19.9 Å². The zero-order valence-corrected chi connectivity index (χ0v) is 12.9. The fourth-order valence-corrected chi connectivity index (χ4v) is 2.58. The monoisotopic (exact) mass is 292 g/mol. The third-order valence-electron chi connectivity index (χ3n) is 2.89. The molecule has 0 saturated carbocycles. The predicted molar refractivity (Wildman–Crippen MR) is 83.8 cm³/mol. The van der Waals surface area contributed by atoms with E-state index in [1.54, 1.807) is 24.8 Å². The molecule has 2 aromatic rings. The first kappa shape index (κ1) is 14.6. The lowest BCUT2D eigenvalue weighted by atomic mass is 10.3. The summed E-state index contributed by atoms with van der Waals surface area (Å²) < 4.78 is 5.49. The molecular formula is C14H20N4OS. The third kappa shape index (κ3) is 3.39. The summed E-state index contributed by atoms with van der Waals surface area (Å²) in [6.45, 7) is 3.77. The van der Waals surface area contributed by atoms with Crippen LogP contribution in [0.1, 0.15) is 18.9 Å². The minimum Gasteiger partial charge on any atom is -0.490 e. The molecule has 2 heterocycles. The van der Waals surface area contributed by atoms with Crippen molar-refractivity contribution in [1.82, 2.24) is 9.97 Å². The average Bonchev–Trinajstić information content (AvgIpc) is 2.97. The van der Waals surface area contributed by atoms with Crippen molar-refractivity contribution in [3.05, 3.63) is 28.7 Å². The number of aromatic nitrogens is 2. The second-order valence-electron chi connectivity index (χ2n) is 4.49. The molecule has 0 radical (unpaired) electrons. The molecule has 0 unspecified atom stereocenters. The number of rotatable bonds is 7. The first-order valence-electron chi connectivity index (χ1n) is 6.61. The molecule has 5 nitrogen and oxygen atoms in total. The maximum atomic E-state index is 5.49. The van der Waals surface area contributed by atoms with Gasteiger partial charge in [-0.2, -0.15) is 11.3 Å². The summed E-state index contributed by atoms with van der Waals surface area (Å²) in [5.41, 5.74) is 1.27. The molecule has 2 aromatic heterocycles. The number of hydrogen-bond donors (Lipinski definition) is 1. The van der Waals surface area contributed by atoms with E-state index < -0.39 is 0 Å². The molecule has 0 fully saturated rings. The highest BCUT2D eigenvalue weighted by molar-refractivity contribution is 7.07. The van der Waals surface area contributed by atoms with Crippen molar-refractivity contribution in [1.29, 1.82) is 0 Å². The van der Waals surface area contributed by atoms with Gasteiger partial charge in [0, 0.05) is 20.1 Å². The van der Waals surface area contributed by atoms with E-state index in [9.17, 15) is 0 Å². The van der Waals surface area contributed by atoms with E-state index in [4.69, 9.17) is 4.74 Å². The van der Waals surface area contributed by atoms with Crippen molar-refractivity contribution < 1.29 is 4.74 Å². The lowest BCUT2D eigenvalue weighted by Gasteiger charge is -2.21. The molecule has 0 atom stereocenters. The first-order chi connectivity index (χ1) is 9.76. The van der Waals surface area contributed by atoms with E-state index in [0.29, 0.717) is 5.75 Å². The summed E-state index contributed by atoms with van der Waals surface area (Å²) in [6.07, 6.45) is 2.60. The highest BCUT2D eigenvalue weighted by atomic mass is 32.1. The van der Waals surface area contributed by atoms with Gasteiger partial charge in [0.1, 0.15) is 6.33 Å². The van der Waals surface area contributed by atoms with Gasteiger partial charge in [-0.05, 0) is 28.8 Å². The van der Waals surface area contributed by atoms with Gasteiger partial charge in [-0.15, -0.1) is 0 Å². The summed E-state index contributed by atoms with van der Waals surface area (Å²) >= 11 is 1.70. The predicted octanol–water partition coefficient (Wildman–Crippen LogP) is 3.01. The second kappa shape index (κ2) is 7.09. The van der Waals surface area contributed by atoms with Crippen molar-refractivity contribution in [2.24, 2.45) is 0 Å². The quantitative estimate of drug-likeness (QED) is 0.850. The van der Waals surface area contributed by atoms with Crippen molar-refractivity contribution in [3.8, 4) is 5.75 Å². The van der Waals surface area contributed by atoms with E-state index in [2.05, 4.69) is 43.9 Å². The summed E-state index contributed by atoms with van der Waals surface area (Å²) in [5.74, 6) is 2.24. The topological polar surface area (TPSA) is 50.3 Å². The minimum absolute atomic E-state index is 0.693. The Morgan fingerprint density at radius 3 is 2.90 bits per heavy atom. The second-order valence-corrected chi connectivity index (χ2v) is 5.27. The normalized spacial score (nSPS) is 10.3. The van der Waals surface area contributed by atoms with E-state index in [0.717, 1.165) is 31.1 Å². The van der Waals surface area contributed by atoms with Crippen molar-refractivity contribution in [2.75, 3.05) is 30.9 Å². The number of nitrogens with one attached hydrogen (secondary N) is 1. The Kier molecular flexibility index (Phi) is 5.17. The highest BCUT2D eigenvalue weighted by Crippen LogP contribution is 2.32. The Labute approximate surface area is 123 Å². The van der Waals surface area contributed by atoms with Crippen LogP contribution in [-0.2, 0) is 6.54 Å². The van der Waals surface area contributed by atoms with Crippen LogP contribution in [0.25, 0.3) is 0 Å². The molecule has 0 saturated heterocycles. The fourth-order valence-electron chi connectivity index (χ4n) is 1.93. The Bertz CT molecular complexity index is 530. The van der Waals surface area contributed by atoms with Crippen LogP contribution in [0, 0.1) is 0 Å². The van der Waals surface area contributed by atoms with E-state index in [-0.39, 0.29) is 0 Å². The van der Waals surface area contributed by atoms with Gasteiger partial charge in [0.25, 0.3) is 0 Å². The molecule has 0 aliphatic heterocycles. The van der Waals surface area contributed by atoms with Crippen LogP contribution in [0.3, 0.4) is 0 Å². The summed E-state index contributed by atoms with van der Waals surface area (Å²) in [6, 6.07) is 2.12. The van der Waals surface area contributed by atoms with E-state index >= 15 is 0 Å². The van der Waals surface area contributed by atoms with Crippen molar-refractivity contribution >= 4 is 23.0 Å². The van der Waals surface area contributed by atoms with Crippen LogP contribution in [-0.4, -0.2) is 30.7 Å². The van der Waals surface area contributed by atoms with Crippen LogP contribution >= 0.6 is 11.3 Å². The van der Waals surface area contributed by atoms with Gasteiger partial charge in [0.05, 0.1) is 7.11 Å². The smallest absolute Gasteiger partial charge is 0.204 e. The molecule has 0 bridgehead atoms. The third-order valence-corrected chi connectivity index (χ3v) is 3.63. The minimum atomic E-state index is 0.693. The average molecular weight is 292 g/mol.